The second-order valence-corrected chi connectivity index (χ2v) is 5.47. The first-order valence-electron chi connectivity index (χ1n) is 7.69. The molecule has 3 aromatic rings. The van der Waals surface area contributed by atoms with Crippen molar-refractivity contribution in [1.82, 2.24) is 19.5 Å². The normalized spacial score (nSPS) is 12.7. The average Bonchev–Trinajstić information content (AvgIpc) is 3.26. The number of aliphatic hydroxyl groups excluding tert-OH is 1. The summed E-state index contributed by atoms with van der Waals surface area (Å²) in [5.74, 6) is 0.961. The van der Waals surface area contributed by atoms with Gasteiger partial charge in [-0.1, -0.05) is 36.4 Å². The summed E-state index contributed by atoms with van der Waals surface area (Å²) in [6.07, 6.45) is 13.8. The first-order valence-corrected chi connectivity index (χ1v) is 7.69. The van der Waals surface area contributed by atoms with Crippen molar-refractivity contribution in [3.8, 4) is 0 Å². The van der Waals surface area contributed by atoms with Crippen LogP contribution < -0.4 is 0 Å². The smallest absolute Gasteiger partial charge is 0.110 e. The number of aromatic nitrogens is 4. The van der Waals surface area contributed by atoms with E-state index in [9.17, 15) is 5.11 Å². The first-order chi connectivity index (χ1) is 11.3. The molecule has 0 aliphatic carbocycles. The van der Waals surface area contributed by atoms with E-state index in [1.807, 2.05) is 29.1 Å². The van der Waals surface area contributed by atoms with Gasteiger partial charge in [-0.3, -0.25) is 0 Å². The number of nitrogens with zero attached hydrogens (tertiary/aromatic N) is 3. The van der Waals surface area contributed by atoms with Gasteiger partial charge in [-0.05, 0) is 17.5 Å². The van der Waals surface area contributed by atoms with Crippen LogP contribution in [0.4, 0.5) is 0 Å². The third-order valence-electron chi connectivity index (χ3n) is 3.66. The lowest BCUT2D eigenvalue weighted by Crippen LogP contribution is -2.07. The second-order valence-electron chi connectivity index (χ2n) is 5.47. The summed E-state index contributed by atoms with van der Waals surface area (Å²) >= 11 is 0. The largest absolute Gasteiger partial charge is 0.389 e. The van der Waals surface area contributed by atoms with Gasteiger partial charge in [0, 0.05) is 37.8 Å². The molecule has 2 aromatic heterocycles. The Kier molecular flexibility index (Phi) is 5.01. The molecule has 0 aliphatic rings. The molecule has 0 spiro atoms. The van der Waals surface area contributed by atoms with Crippen LogP contribution in [0.15, 0.2) is 61.5 Å². The zero-order chi connectivity index (χ0) is 15.9. The second kappa shape index (κ2) is 7.56. The molecule has 1 unspecified atom stereocenters. The molecule has 23 heavy (non-hydrogen) atoms. The number of aliphatic hydroxyl groups is 1. The lowest BCUT2D eigenvalue weighted by atomic mass is 10.1. The SMILES string of the molecule is OC(/C=C/c1ccc(Cc2ncc[nH]2)cc1)CCn1ccnc1. The summed E-state index contributed by atoms with van der Waals surface area (Å²) in [6.45, 7) is 0.758. The molecule has 3 rings (SSSR count). The standard InChI is InChI=1S/C18H20N4O/c23-17(7-11-22-12-10-19-14-22)6-5-15-1-3-16(4-2-15)13-18-20-8-9-21-18/h1-6,8-10,12,14,17,23H,7,11,13H2,(H,20,21)/b6-5+. The van der Waals surface area contributed by atoms with E-state index in [1.165, 1.54) is 5.56 Å². The van der Waals surface area contributed by atoms with Crippen LogP contribution in [0.25, 0.3) is 6.08 Å². The van der Waals surface area contributed by atoms with Crippen molar-refractivity contribution >= 4 is 6.08 Å². The minimum Gasteiger partial charge on any atom is -0.389 e. The molecular formula is C18H20N4O. The lowest BCUT2D eigenvalue weighted by Gasteiger charge is -2.06. The minimum absolute atomic E-state index is 0.458. The number of aryl methyl sites for hydroxylation is 1. The molecule has 0 saturated carbocycles. The van der Waals surface area contributed by atoms with E-state index in [-0.39, 0.29) is 0 Å². The number of hydrogen-bond donors (Lipinski definition) is 2. The van der Waals surface area contributed by atoms with Crippen molar-refractivity contribution in [2.24, 2.45) is 0 Å². The fourth-order valence-corrected chi connectivity index (χ4v) is 2.35. The highest BCUT2D eigenvalue weighted by atomic mass is 16.3. The topological polar surface area (TPSA) is 66.7 Å². The van der Waals surface area contributed by atoms with Gasteiger partial charge < -0.3 is 14.7 Å². The summed E-state index contributed by atoms with van der Waals surface area (Å²) < 4.78 is 1.96. The quantitative estimate of drug-likeness (QED) is 0.705. The van der Waals surface area contributed by atoms with Crippen LogP contribution in [0.3, 0.4) is 0 Å². The van der Waals surface area contributed by atoms with E-state index >= 15 is 0 Å². The Labute approximate surface area is 135 Å². The lowest BCUT2D eigenvalue weighted by molar-refractivity contribution is 0.206. The molecule has 0 amide bonds. The van der Waals surface area contributed by atoms with Crippen LogP contribution in [-0.2, 0) is 13.0 Å². The number of aromatic amines is 1. The Balaban J connectivity index is 1.50. The van der Waals surface area contributed by atoms with Crippen molar-refractivity contribution in [3.05, 3.63) is 78.4 Å². The maximum absolute atomic E-state index is 10.0. The fraction of sp³-hybridized carbons (Fsp3) is 0.222. The molecule has 118 valence electrons. The molecule has 1 atom stereocenters. The minimum atomic E-state index is -0.458. The number of H-pyrrole nitrogens is 1. The molecule has 5 nitrogen and oxygen atoms in total. The van der Waals surface area contributed by atoms with Gasteiger partial charge in [0.1, 0.15) is 5.82 Å². The Morgan fingerprint density at radius 2 is 2.09 bits per heavy atom. The van der Waals surface area contributed by atoms with Gasteiger partial charge in [-0.15, -0.1) is 0 Å². The number of rotatable bonds is 7. The molecule has 0 saturated heterocycles. The van der Waals surface area contributed by atoms with Crippen LogP contribution in [-0.4, -0.2) is 30.7 Å². The van der Waals surface area contributed by atoms with Crippen molar-refractivity contribution in [2.45, 2.75) is 25.5 Å². The molecule has 0 aliphatic heterocycles. The van der Waals surface area contributed by atoms with Gasteiger partial charge in [0.2, 0.25) is 0 Å². The third-order valence-corrected chi connectivity index (χ3v) is 3.66. The third kappa shape index (κ3) is 4.66. The zero-order valence-electron chi connectivity index (χ0n) is 12.8. The van der Waals surface area contributed by atoms with Crippen molar-refractivity contribution in [1.29, 1.82) is 0 Å². The molecule has 2 N–H and O–H groups in total. The van der Waals surface area contributed by atoms with Gasteiger partial charge in [-0.2, -0.15) is 0 Å². The van der Waals surface area contributed by atoms with E-state index in [2.05, 4.69) is 39.2 Å². The molecule has 5 heteroatoms. The summed E-state index contributed by atoms with van der Waals surface area (Å²) in [6, 6.07) is 8.27. The first kappa shape index (κ1) is 15.2. The average molecular weight is 308 g/mol. The summed E-state index contributed by atoms with van der Waals surface area (Å²) in [5.41, 5.74) is 2.28. The van der Waals surface area contributed by atoms with Crippen molar-refractivity contribution < 1.29 is 5.11 Å². The molecule has 2 heterocycles. The highest BCUT2D eigenvalue weighted by Gasteiger charge is 2.01. The van der Waals surface area contributed by atoms with Crippen molar-refractivity contribution in [2.75, 3.05) is 0 Å². The summed E-state index contributed by atoms with van der Waals surface area (Å²) in [5, 5.41) is 10.0. The van der Waals surface area contributed by atoms with Crippen molar-refractivity contribution in [3.63, 3.8) is 0 Å². The van der Waals surface area contributed by atoms with Gasteiger partial charge in [-0.25, -0.2) is 9.97 Å². The summed E-state index contributed by atoms with van der Waals surface area (Å²) in [4.78, 5) is 11.3. The number of imidazole rings is 2. The van der Waals surface area contributed by atoms with E-state index in [4.69, 9.17) is 0 Å². The number of benzene rings is 1. The van der Waals surface area contributed by atoms with Crippen LogP contribution in [0, 0.1) is 0 Å². The maximum Gasteiger partial charge on any atom is 0.110 e. The van der Waals surface area contributed by atoms with Crippen LogP contribution in [0.5, 0.6) is 0 Å². The molecule has 0 radical (unpaired) electrons. The predicted molar refractivity (Wildman–Crippen MR) is 89.7 cm³/mol. The van der Waals surface area contributed by atoms with Gasteiger partial charge in [0.15, 0.2) is 0 Å². The molecule has 1 aromatic carbocycles. The Hall–Kier alpha value is -2.66. The highest BCUT2D eigenvalue weighted by molar-refractivity contribution is 5.50. The maximum atomic E-state index is 10.0. The van der Waals surface area contributed by atoms with E-state index < -0.39 is 6.10 Å². The van der Waals surface area contributed by atoms with Crippen LogP contribution in [0.2, 0.25) is 0 Å². The monoisotopic (exact) mass is 308 g/mol. The van der Waals surface area contributed by atoms with Gasteiger partial charge >= 0.3 is 0 Å². The van der Waals surface area contributed by atoms with Crippen LogP contribution >= 0.6 is 0 Å². The highest BCUT2D eigenvalue weighted by Crippen LogP contribution is 2.10. The Bertz CT molecular complexity index is 715. The predicted octanol–water partition coefficient (Wildman–Crippen LogP) is 2.66. The Morgan fingerprint density at radius 3 is 2.78 bits per heavy atom. The summed E-state index contributed by atoms with van der Waals surface area (Å²) in [7, 11) is 0. The number of hydrogen-bond acceptors (Lipinski definition) is 3. The van der Waals surface area contributed by atoms with E-state index in [0.717, 1.165) is 24.4 Å². The Morgan fingerprint density at radius 1 is 1.22 bits per heavy atom. The number of nitrogens with one attached hydrogen (secondary N) is 1. The molecule has 0 bridgehead atoms. The van der Waals surface area contributed by atoms with Gasteiger partial charge in [0.05, 0.1) is 12.4 Å². The van der Waals surface area contributed by atoms with Gasteiger partial charge in [0.25, 0.3) is 0 Å². The molecular weight excluding hydrogens is 288 g/mol. The fourth-order valence-electron chi connectivity index (χ4n) is 2.35. The molecule has 0 fully saturated rings. The van der Waals surface area contributed by atoms with Crippen LogP contribution in [0.1, 0.15) is 23.4 Å². The van der Waals surface area contributed by atoms with E-state index in [0.29, 0.717) is 6.42 Å². The van der Waals surface area contributed by atoms with E-state index in [1.54, 1.807) is 18.7 Å². The zero-order valence-corrected chi connectivity index (χ0v) is 12.8.